The molecule has 3 rings (SSSR count). The van der Waals surface area contributed by atoms with Crippen LogP contribution in [0.1, 0.15) is 23.6 Å². The van der Waals surface area contributed by atoms with Gasteiger partial charge in [0.2, 0.25) is 0 Å². The van der Waals surface area contributed by atoms with Gasteiger partial charge < -0.3 is 5.73 Å². The zero-order valence-electron chi connectivity index (χ0n) is 14.6. The second-order valence-electron chi connectivity index (χ2n) is 6.07. The van der Waals surface area contributed by atoms with Crippen molar-refractivity contribution in [3.63, 3.8) is 0 Å². The van der Waals surface area contributed by atoms with E-state index in [1.165, 1.54) is 5.56 Å². The molecule has 0 aliphatic carbocycles. The Labute approximate surface area is 149 Å². The minimum Gasteiger partial charge on any atom is -0.398 e. The van der Waals surface area contributed by atoms with Gasteiger partial charge in [-0.2, -0.15) is 0 Å². The molecule has 0 saturated heterocycles. The van der Waals surface area contributed by atoms with Crippen LogP contribution in [0.15, 0.2) is 95.5 Å². The summed E-state index contributed by atoms with van der Waals surface area (Å²) in [6, 6.07) is 28.4. The van der Waals surface area contributed by atoms with Gasteiger partial charge in [-0.15, -0.1) is 0 Å². The number of nitrogens with two attached hydrogens (primary N) is 1. The maximum Gasteiger partial charge on any atom is 0.0759 e. The number of aryl methyl sites for hydroxylation is 1. The van der Waals surface area contributed by atoms with Gasteiger partial charge in [0.05, 0.1) is 11.4 Å². The molecule has 0 saturated carbocycles. The highest BCUT2D eigenvalue weighted by Gasteiger charge is 2.11. The van der Waals surface area contributed by atoms with Crippen LogP contribution in [0.4, 0.5) is 5.69 Å². The molecule has 0 aromatic heterocycles. The topological polar surface area (TPSA) is 38.4 Å². The third-order valence-corrected chi connectivity index (χ3v) is 4.17. The monoisotopic (exact) mass is 326 g/mol. The highest BCUT2D eigenvalue weighted by atomic mass is 14.8. The Morgan fingerprint density at radius 2 is 1.28 bits per heavy atom. The van der Waals surface area contributed by atoms with Crippen molar-refractivity contribution in [3.05, 3.63) is 107 Å². The van der Waals surface area contributed by atoms with Crippen LogP contribution in [0.25, 0.3) is 5.70 Å². The van der Waals surface area contributed by atoms with E-state index in [1.807, 2.05) is 55.5 Å². The summed E-state index contributed by atoms with van der Waals surface area (Å²) in [5, 5.41) is 0. The summed E-state index contributed by atoms with van der Waals surface area (Å²) in [7, 11) is 0. The number of hydrogen-bond donors (Lipinski definition) is 1. The SMILES string of the molecule is C/C(C(=Nc1ccccc1)c1ccccc1)=C(/N)c1ccc(C)cc1. The van der Waals surface area contributed by atoms with E-state index in [2.05, 4.69) is 43.3 Å². The Balaban J connectivity index is 2.12. The Morgan fingerprint density at radius 1 is 0.720 bits per heavy atom. The van der Waals surface area contributed by atoms with Crippen LogP contribution in [0, 0.1) is 6.92 Å². The fraction of sp³-hybridized carbons (Fsp3) is 0.0870. The van der Waals surface area contributed by atoms with Crippen molar-refractivity contribution >= 4 is 17.1 Å². The Morgan fingerprint density at radius 3 is 1.88 bits per heavy atom. The van der Waals surface area contributed by atoms with Gasteiger partial charge in [-0.1, -0.05) is 78.4 Å². The van der Waals surface area contributed by atoms with Crippen molar-refractivity contribution in [2.45, 2.75) is 13.8 Å². The molecule has 3 aromatic rings. The van der Waals surface area contributed by atoms with Crippen LogP contribution < -0.4 is 5.73 Å². The van der Waals surface area contributed by atoms with E-state index in [0.717, 1.165) is 33.8 Å². The molecule has 0 spiro atoms. The zero-order valence-corrected chi connectivity index (χ0v) is 14.6. The molecule has 0 atom stereocenters. The number of rotatable bonds is 4. The van der Waals surface area contributed by atoms with Crippen LogP contribution in [-0.2, 0) is 0 Å². The third-order valence-electron chi connectivity index (χ3n) is 4.17. The van der Waals surface area contributed by atoms with Crippen molar-refractivity contribution in [1.29, 1.82) is 0 Å². The predicted molar refractivity (Wildman–Crippen MR) is 107 cm³/mol. The van der Waals surface area contributed by atoms with E-state index in [1.54, 1.807) is 0 Å². The second kappa shape index (κ2) is 7.63. The van der Waals surface area contributed by atoms with Crippen molar-refractivity contribution in [2.24, 2.45) is 10.7 Å². The maximum atomic E-state index is 6.48. The Hall–Kier alpha value is -3.13. The first-order valence-corrected chi connectivity index (χ1v) is 8.38. The first-order valence-electron chi connectivity index (χ1n) is 8.38. The number of hydrogen-bond acceptors (Lipinski definition) is 2. The molecule has 0 amide bonds. The molecule has 0 radical (unpaired) electrons. The fourth-order valence-electron chi connectivity index (χ4n) is 2.67. The number of nitrogens with zero attached hydrogens (tertiary/aromatic N) is 1. The van der Waals surface area contributed by atoms with Gasteiger partial charge in [-0.25, -0.2) is 4.99 Å². The number of allylic oxidation sites excluding steroid dienone is 1. The molecule has 0 fully saturated rings. The lowest BCUT2D eigenvalue weighted by Gasteiger charge is -2.12. The van der Waals surface area contributed by atoms with Crippen LogP contribution in [0.3, 0.4) is 0 Å². The molecule has 0 unspecified atom stereocenters. The summed E-state index contributed by atoms with van der Waals surface area (Å²) in [5.74, 6) is 0. The van der Waals surface area contributed by atoms with Gasteiger partial charge in [0, 0.05) is 11.3 Å². The molecular weight excluding hydrogens is 304 g/mol. The molecular formula is C23H22N2. The lowest BCUT2D eigenvalue weighted by Crippen LogP contribution is -2.10. The molecule has 0 heterocycles. The molecule has 2 nitrogen and oxygen atoms in total. The van der Waals surface area contributed by atoms with Gasteiger partial charge >= 0.3 is 0 Å². The van der Waals surface area contributed by atoms with Gasteiger partial charge in [-0.05, 0) is 37.1 Å². The Bertz CT molecular complexity index is 890. The van der Waals surface area contributed by atoms with E-state index in [-0.39, 0.29) is 0 Å². The van der Waals surface area contributed by atoms with Crippen molar-refractivity contribution in [1.82, 2.24) is 0 Å². The van der Waals surface area contributed by atoms with Crippen LogP contribution in [0.2, 0.25) is 0 Å². The average Bonchev–Trinajstić information content (AvgIpc) is 2.67. The van der Waals surface area contributed by atoms with Gasteiger partial charge in [0.1, 0.15) is 0 Å². The molecule has 3 aromatic carbocycles. The van der Waals surface area contributed by atoms with Crippen molar-refractivity contribution in [2.75, 3.05) is 0 Å². The molecule has 2 N–H and O–H groups in total. The standard InChI is InChI=1S/C23H22N2/c1-17-13-15-19(16-14-17)22(24)18(2)23(20-9-5-3-6-10-20)25-21-11-7-4-8-12-21/h3-16H,24H2,1-2H3/b22-18-,25-23?. The minimum atomic E-state index is 0.749. The third kappa shape index (κ3) is 4.04. The first kappa shape index (κ1) is 16.7. The molecule has 25 heavy (non-hydrogen) atoms. The lowest BCUT2D eigenvalue weighted by atomic mass is 9.98. The number of aliphatic imine (C=N–C) groups is 1. The van der Waals surface area contributed by atoms with Crippen LogP contribution >= 0.6 is 0 Å². The van der Waals surface area contributed by atoms with Crippen molar-refractivity contribution < 1.29 is 0 Å². The molecule has 0 bridgehead atoms. The van der Waals surface area contributed by atoms with Gasteiger partial charge in [0.25, 0.3) is 0 Å². The summed E-state index contributed by atoms with van der Waals surface area (Å²) >= 11 is 0. The summed E-state index contributed by atoms with van der Waals surface area (Å²) in [4.78, 5) is 4.87. The van der Waals surface area contributed by atoms with Crippen LogP contribution in [-0.4, -0.2) is 5.71 Å². The lowest BCUT2D eigenvalue weighted by molar-refractivity contribution is 1.39. The first-order chi connectivity index (χ1) is 12.1. The number of benzene rings is 3. The zero-order chi connectivity index (χ0) is 17.6. The second-order valence-corrected chi connectivity index (χ2v) is 6.07. The quantitative estimate of drug-likeness (QED) is 0.631. The molecule has 0 aliphatic heterocycles. The molecule has 2 heteroatoms. The Kier molecular flexibility index (Phi) is 5.10. The summed E-state index contributed by atoms with van der Waals surface area (Å²) in [5.41, 5.74) is 13.3. The van der Waals surface area contributed by atoms with E-state index in [4.69, 9.17) is 10.7 Å². The van der Waals surface area contributed by atoms with Crippen LogP contribution in [0.5, 0.6) is 0 Å². The highest BCUT2D eigenvalue weighted by Crippen LogP contribution is 2.22. The largest absolute Gasteiger partial charge is 0.398 e. The summed E-state index contributed by atoms with van der Waals surface area (Å²) in [6.45, 7) is 4.10. The highest BCUT2D eigenvalue weighted by molar-refractivity contribution is 6.16. The average molecular weight is 326 g/mol. The summed E-state index contributed by atoms with van der Waals surface area (Å²) < 4.78 is 0. The molecule has 124 valence electrons. The smallest absolute Gasteiger partial charge is 0.0759 e. The summed E-state index contributed by atoms with van der Waals surface area (Å²) in [6.07, 6.45) is 0. The normalized spacial score (nSPS) is 12.6. The van der Waals surface area contributed by atoms with E-state index >= 15 is 0 Å². The minimum absolute atomic E-state index is 0.749. The van der Waals surface area contributed by atoms with E-state index in [9.17, 15) is 0 Å². The molecule has 0 aliphatic rings. The van der Waals surface area contributed by atoms with Gasteiger partial charge in [-0.3, -0.25) is 0 Å². The van der Waals surface area contributed by atoms with Crippen molar-refractivity contribution in [3.8, 4) is 0 Å². The van der Waals surface area contributed by atoms with E-state index < -0.39 is 0 Å². The fourth-order valence-corrected chi connectivity index (χ4v) is 2.67. The number of para-hydroxylation sites is 1. The maximum absolute atomic E-state index is 6.48. The van der Waals surface area contributed by atoms with E-state index in [0.29, 0.717) is 0 Å². The predicted octanol–water partition coefficient (Wildman–Crippen LogP) is 5.51. The van der Waals surface area contributed by atoms with Gasteiger partial charge in [0.15, 0.2) is 0 Å².